The van der Waals surface area contributed by atoms with Gasteiger partial charge in [-0.2, -0.15) is 0 Å². The molecule has 0 aromatic carbocycles. The van der Waals surface area contributed by atoms with Crippen LogP contribution in [0.25, 0.3) is 0 Å². The monoisotopic (exact) mass is 280 g/mol. The van der Waals surface area contributed by atoms with Gasteiger partial charge in [0.2, 0.25) is 0 Å². The Hall–Kier alpha value is -1.89. The molecule has 1 N–H and O–H groups in total. The molecule has 7 heteroatoms. The van der Waals surface area contributed by atoms with Crippen LogP contribution in [0.3, 0.4) is 0 Å². The number of likely N-dealkylation sites (N-methyl/N-ethyl adjacent to an activating group) is 1. The normalized spacial score (nSPS) is 25.6. The molecule has 0 radical (unpaired) electrons. The molecule has 7 nitrogen and oxygen atoms in total. The first-order valence-electron chi connectivity index (χ1n) is 6.62. The van der Waals surface area contributed by atoms with Crippen molar-refractivity contribution < 1.29 is 24.0 Å². The van der Waals surface area contributed by atoms with Crippen LogP contribution in [0.4, 0.5) is 0 Å². The van der Waals surface area contributed by atoms with Crippen molar-refractivity contribution in [1.29, 1.82) is 0 Å². The second kappa shape index (κ2) is 4.90. The van der Waals surface area contributed by atoms with Crippen LogP contribution in [0.15, 0.2) is 10.6 Å². The van der Waals surface area contributed by atoms with Crippen LogP contribution >= 0.6 is 0 Å². The zero-order valence-corrected chi connectivity index (χ0v) is 11.1. The van der Waals surface area contributed by atoms with Gasteiger partial charge in [0, 0.05) is 19.0 Å². The molecule has 2 aliphatic rings. The third-order valence-electron chi connectivity index (χ3n) is 3.91. The molecule has 2 unspecified atom stereocenters. The molecule has 2 fully saturated rings. The molecule has 1 aromatic heterocycles. The summed E-state index contributed by atoms with van der Waals surface area (Å²) in [6.45, 7) is 0.357. The molecule has 1 aliphatic heterocycles. The number of carboxylic acids is 1. The van der Waals surface area contributed by atoms with Gasteiger partial charge in [-0.15, -0.1) is 0 Å². The highest BCUT2D eigenvalue weighted by Gasteiger charge is 2.39. The van der Waals surface area contributed by atoms with Crippen LogP contribution in [0.1, 0.15) is 35.0 Å². The second-order valence-corrected chi connectivity index (χ2v) is 5.35. The number of nitrogens with zero attached hydrogens (tertiary/aromatic N) is 2. The summed E-state index contributed by atoms with van der Waals surface area (Å²) >= 11 is 0. The van der Waals surface area contributed by atoms with Crippen molar-refractivity contribution in [2.45, 2.75) is 24.8 Å². The Kier molecular flexibility index (Phi) is 3.21. The van der Waals surface area contributed by atoms with Gasteiger partial charge >= 0.3 is 5.97 Å². The maximum Gasteiger partial charge on any atom is 0.311 e. The zero-order valence-electron chi connectivity index (χ0n) is 11.1. The Bertz CT molecular complexity index is 537. The SMILES string of the molecule is CN(C(=O)c1cc(C2CC2)on1)C1COCC1C(=O)O. The summed E-state index contributed by atoms with van der Waals surface area (Å²) in [5.41, 5.74) is 0.227. The molecule has 1 saturated heterocycles. The molecular weight excluding hydrogens is 264 g/mol. The Labute approximate surface area is 115 Å². The van der Waals surface area contributed by atoms with E-state index in [1.165, 1.54) is 4.90 Å². The number of aromatic nitrogens is 1. The van der Waals surface area contributed by atoms with E-state index in [9.17, 15) is 9.59 Å². The van der Waals surface area contributed by atoms with Crippen LogP contribution in [-0.4, -0.2) is 53.3 Å². The van der Waals surface area contributed by atoms with E-state index in [1.54, 1.807) is 13.1 Å². The van der Waals surface area contributed by atoms with E-state index in [4.69, 9.17) is 14.4 Å². The molecule has 1 aromatic rings. The lowest BCUT2D eigenvalue weighted by Crippen LogP contribution is -2.44. The lowest BCUT2D eigenvalue weighted by molar-refractivity contribution is -0.142. The standard InChI is InChI=1S/C13H16N2O5/c1-15(10-6-19-5-8(10)13(17)18)12(16)9-4-11(20-14-9)7-2-3-7/h4,7-8,10H,2-3,5-6H2,1H3,(H,17,18). The van der Waals surface area contributed by atoms with Gasteiger partial charge in [-0.3, -0.25) is 9.59 Å². The molecular formula is C13H16N2O5. The van der Waals surface area contributed by atoms with Gasteiger partial charge < -0.3 is 19.3 Å². The van der Waals surface area contributed by atoms with Crippen molar-refractivity contribution in [3.8, 4) is 0 Å². The number of rotatable bonds is 4. The fourth-order valence-electron chi connectivity index (χ4n) is 2.44. The molecule has 20 heavy (non-hydrogen) atoms. The predicted octanol–water partition coefficient (Wildman–Crippen LogP) is 0.724. The van der Waals surface area contributed by atoms with Gasteiger partial charge in [-0.05, 0) is 12.8 Å². The van der Waals surface area contributed by atoms with Crippen molar-refractivity contribution in [3.05, 3.63) is 17.5 Å². The molecule has 108 valence electrons. The second-order valence-electron chi connectivity index (χ2n) is 5.35. The number of hydrogen-bond donors (Lipinski definition) is 1. The third-order valence-corrected chi connectivity index (χ3v) is 3.91. The Morgan fingerprint density at radius 1 is 1.40 bits per heavy atom. The van der Waals surface area contributed by atoms with Gasteiger partial charge in [0.1, 0.15) is 11.7 Å². The van der Waals surface area contributed by atoms with E-state index in [0.29, 0.717) is 5.92 Å². The van der Waals surface area contributed by atoms with Gasteiger partial charge in [-0.25, -0.2) is 0 Å². The van der Waals surface area contributed by atoms with E-state index in [0.717, 1.165) is 18.6 Å². The average molecular weight is 280 g/mol. The smallest absolute Gasteiger partial charge is 0.311 e. The Morgan fingerprint density at radius 2 is 2.15 bits per heavy atom. The molecule has 2 atom stereocenters. The summed E-state index contributed by atoms with van der Waals surface area (Å²) in [6, 6.07) is 1.18. The Morgan fingerprint density at radius 3 is 2.80 bits per heavy atom. The number of amides is 1. The largest absolute Gasteiger partial charge is 0.481 e. The topological polar surface area (TPSA) is 92.9 Å². The number of aliphatic carboxylic acids is 1. The van der Waals surface area contributed by atoms with Crippen LogP contribution in [0, 0.1) is 5.92 Å². The van der Waals surface area contributed by atoms with E-state index >= 15 is 0 Å². The summed E-state index contributed by atoms with van der Waals surface area (Å²) in [6.07, 6.45) is 2.13. The number of carbonyl (C=O) groups excluding carboxylic acids is 1. The minimum absolute atomic E-state index is 0.129. The molecule has 2 heterocycles. The van der Waals surface area contributed by atoms with Gasteiger partial charge in [0.05, 0.1) is 19.3 Å². The number of hydrogen-bond acceptors (Lipinski definition) is 5. The lowest BCUT2D eigenvalue weighted by Gasteiger charge is -2.25. The first kappa shape index (κ1) is 13.1. The minimum atomic E-state index is -0.953. The highest BCUT2D eigenvalue weighted by molar-refractivity contribution is 5.92. The van der Waals surface area contributed by atoms with E-state index in [-0.39, 0.29) is 24.8 Å². The first-order valence-corrected chi connectivity index (χ1v) is 6.62. The highest BCUT2D eigenvalue weighted by atomic mass is 16.5. The van der Waals surface area contributed by atoms with E-state index in [1.807, 2.05) is 0 Å². The van der Waals surface area contributed by atoms with Crippen LogP contribution in [0.2, 0.25) is 0 Å². The molecule has 3 rings (SSSR count). The van der Waals surface area contributed by atoms with Crippen molar-refractivity contribution in [1.82, 2.24) is 10.1 Å². The molecule has 1 saturated carbocycles. The minimum Gasteiger partial charge on any atom is -0.481 e. The molecule has 0 spiro atoms. The maximum absolute atomic E-state index is 12.3. The lowest BCUT2D eigenvalue weighted by atomic mass is 10.0. The van der Waals surface area contributed by atoms with Crippen molar-refractivity contribution in [3.63, 3.8) is 0 Å². The van der Waals surface area contributed by atoms with Gasteiger partial charge in [0.25, 0.3) is 5.91 Å². The van der Waals surface area contributed by atoms with Crippen LogP contribution < -0.4 is 0 Å². The number of ether oxygens (including phenoxy) is 1. The molecule has 0 bridgehead atoms. The molecule has 1 amide bonds. The summed E-state index contributed by atoms with van der Waals surface area (Å²) in [7, 11) is 1.57. The quantitative estimate of drug-likeness (QED) is 0.873. The fraction of sp³-hybridized carbons (Fsp3) is 0.615. The maximum atomic E-state index is 12.3. The summed E-state index contributed by atoms with van der Waals surface area (Å²) in [5.74, 6) is -0.859. The van der Waals surface area contributed by atoms with Gasteiger partial charge in [0.15, 0.2) is 5.69 Å². The van der Waals surface area contributed by atoms with Crippen molar-refractivity contribution in [2.75, 3.05) is 20.3 Å². The van der Waals surface area contributed by atoms with Gasteiger partial charge in [-0.1, -0.05) is 5.16 Å². The summed E-state index contributed by atoms with van der Waals surface area (Å²) < 4.78 is 10.3. The zero-order chi connectivity index (χ0) is 14.3. The Balaban J connectivity index is 1.73. The summed E-state index contributed by atoms with van der Waals surface area (Å²) in [4.78, 5) is 24.8. The van der Waals surface area contributed by atoms with E-state index in [2.05, 4.69) is 5.16 Å². The first-order chi connectivity index (χ1) is 9.58. The predicted molar refractivity (Wildman–Crippen MR) is 66.3 cm³/mol. The fourth-order valence-corrected chi connectivity index (χ4v) is 2.44. The third kappa shape index (κ3) is 2.29. The van der Waals surface area contributed by atoms with Crippen LogP contribution in [-0.2, 0) is 9.53 Å². The van der Waals surface area contributed by atoms with Crippen molar-refractivity contribution >= 4 is 11.9 Å². The summed E-state index contributed by atoms with van der Waals surface area (Å²) in [5, 5.41) is 12.9. The molecule has 1 aliphatic carbocycles. The highest BCUT2D eigenvalue weighted by Crippen LogP contribution is 2.40. The van der Waals surface area contributed by atoms with Crippen LogP contribution in [0.5, 0.6) is 0 Å². The average Bonchev–Trinajstić information content (AvgIpc) is 2.97. The van der Waals surface area contributed by atoms with E-state index < -0.39 is 17.9 Å². The number of carboxylic acid groups (broad SMARTS) is 1. The number of carbonyl (C=O) groups is 2. The van der Waals surface area contributed by atoms with Crippen molar-refractivity contribution in [2.24, 2.45) is 5.92 Å².